The summed E-state index contributed by atoms with van der Waals surface area (Å²) >= 11 is 2.95. The molecule has 50 heavy (non-hydrogen) atoms. The fourth-order valence-corrected chi connectivity index (χ4v) is 6.88. The number of primary amides is 1. The third kappa shape index (κ3) is 13.0. The molecule has 2 heterocycles. The molecule has 13 heteroatoms. The standard InChI is InChI=1S/C37H46N6O5S2/c1-25(2)35-40-30(23-49-35)21-43(3)36(46)42-32(19-34(38)45)33(44)18-28(16-26-10-6-4-7-11-26)14-15-29(17-27-12-8-5-9-13-27)41-37(47)48-22-31-20-39-24-50-31/h4-13,20,23-25,28-29,32H,14-19,21-22H2,1-3H3,(H2,38,45)(H,41,47)(H,42,46)/t28-,29-,32+/m1/s1. The van der Waals surface area contributed by atoms with Crippen LogP contribution in [0.15, 0.2) is 77.8 Å². The highest BCUT2D eigenvalue weighted by molar-refractivity contribution is 7.09. The van der Waals surface area contributed by atoms with Crippen molar-refractivity contribution in [2.24, 2.45) is 11.7 Å². The highest BCUT2D eigenvalue weighted by Crippen LogP contribution is 2.23. The number of nitrogens with zero attached hydrogens (tertiary/aromatic N) is 3. The number of nitrogens with one attached hydrogen (secondary N) is 2. The summed E-state index contributed by atoms with van der Waals surface area (Å²) in [6, 6.07) is 17.9. The summed E-state index contributed by atoms with van der Waals surface area (Å²) < 4.78 is 5.47. The summed E-state index contributed by atoms with van der Waals surface area (Å²) in [4.78, 5) is 62.9. The van der Waals surface area contributed by atoms with Crippen LogP contribution >= 0.6 is 22.7 Å². The molecule has 0 aliphatic carbocycles. The molecule has 0 bridgehead atoms. The number of thiazole rings is 2. The van der Waals surface area contributed by atoms with Crippen LogP contribution in [0, 0.1) is 5.92 Å². The molecule has 4 N–H and O–H groups in total. The van der Waals surface area contributed by atoms with Crippen LogP contribution in [-0.4, -0.2) is 57.8 Å². The van der Waals surface area contributed by atoms with Gasteiger partial charge < -0.3 is 26.0 Å². The summed E-state index contributed by atoms with van der Waals surface area (Å²) in [5.74, 6) is -0.830. The zero-order chi connectivity index (χ0) is 35.9. The predicted octanol–water partition coefficient (Wildman–Crippen LogP) is 6.24. The molecule has 0 fully saturated rings. The number of carbonyl (C=O) groups is 4. The van der Waals surface area contributed by atoms with Gasteiger partial charge in [0.25, 0.3) is 0 Å². The Morgan fingerprint density at radius 2 is 1.58 bits per heavy atom. The highest BCUT2D eigenvalue weighted by Gasteiger charge is 2.28. The van der Waals surface area contributed by atoms with Gasteiger partial charge in [-0.1, -0.05) is 74.5 Å². The number of nitrogens with two attached hydrogens (primary N) is 1. The van der Waals surface area contributed by atoms with E-state index in [1.165, 1.54) is 16.2 Å². The van der Waals surface area contributed by atoms with E-state index in [-0.39, 0.29) is 49.7 Å². The lowest BCUT2D eigenvalue weighted by atomic mass is 9.86. The van der Waals surface area contributed by atoms with Gasteiger partial charge in [0.1, 0.15) is 6.61 Å². The van der Waals surface area contributed by atoms with Gasteiger partial charge in [0.05, 0.1) is 40.1 Å². The van der Waals surface area contributed by atoms with Crippen molar-refractivity contribution < 1.29 is 23.9 Å². The molecule has 0 radical (unpaired) electrons. The molecule has 2 aromatic carbocycles. The molecule has 0 aliphatic rings. The van der Waals surface area contributed by atoms with Crippen molar-refractivity contribution in [1.29, 1.82) is 0 Å². The van der Waals surface area contributed by atoms with E-state index in [4.69, 9.17) is 10.5 Å². The van der Waals surface area contributed by atoms with Crippen LogP contribution in [0.2, 0.25) is 0 Å². The number of benzene rings is 2. The molecule has 3 atom stereocenters. The Morgan fingerprint density at radius 3 is 2.18 bits per heavy atom. The monoisotopic (exact) mass is 718 g/mol. The average Bonchev–Trinajstić information content (AvgIpc) is 3.79. The SMILES string of the molecule is CC(C)c1nc(CN(C)C(=O)N[C@@H](CC(N)=O)C(=O)C[C@H](CC[C@H](Cc2ccccc2)NC(=O)OCc2cncs2)Cc2ccccc2)cs1. The fraction of sp³-hybridized carbons (Fsp3) is 0.405. The van der Waals surface area contributed by atoms with Gasteiger partial charge >= 0.3 is 12.1 Å². The topological polar surface area (TPSA) is 157 Å². The summed E-state index contributed by atoms with van der Waals surface area (Å²) in [6.07, 6.45) is 3.26. The molecule has 4 amide bonds. The van der Waals surface area contributed by atoms with Gasteiger partial charge in [0, 0.05) is 37.0 Å². The molecule has 2 aromatic heterocycles. The molecule has 4 aromatic rings. The summed E-state index contributed by atoms with van der Waals surface area (Å²) in [5.41, 5.74) is 10.1. The Hall–Kier alpha value is -4.62. The lowest BCUT2D eigenvalue weighted by molar-refractivity contribution is -0.126. The first-order chi connectivity index (χ1) is 24.0. The Labute approximate surface area is 301 Å². The molecule has 4 rings (SSSR count). The zero-order valence-corrected chi connectivity index (χ0v) is 30.4. The van der Waals surface area contributed by atoms with Gasteiger partial charge in [0.15, 0.2) is 5.78 Å². The zero-order valence-electron chi connectivity index (χ0n) is 28.7. The Bertz CT molecular complexity index is 1650. The minimum atomic E-state index is -1.08. The van der Waals surface area contributed by atoms with Crippen LogP contribution in [0.4, 0.5) is 9.59 Å². The van der Waals surface area contributed by atoms with E-state index in [9.17, 15) is 19.2 Å². The van der Waals surface area contributed by atoms with E-state index in [0.29, 0.717) is 25.7 Å². The maximum atomic E-state index is 13.8. The van der Waals surface area contributed by atoms with Gasteiger partial charge in [-0.05, 0) is 42.7 Å². The van der Waals surface area contributed by atoms with Crippen LogP contribution < -0.4 is 16.4 Å². The van der Waals surface area contributed by atoms with Crippen molar-refractivity contribution in [1.82, 2.24) is 25.5 Å². The molecule has 0 aliphatic heterocycles. The third-order valence-corrected chi connectivity index (χ3v) is 10.1. The predicted molar refractivity (Wildman–Crippen MR) is 196 cm³/mol. The van der Waals surface area contributed by atoms with Crippen LogP contribution in [0.25, 0.3) is 0 Å². The smallest absolute Gasteiger partial charge is 0.407 e. The maximum absolute atomic E-state index is 13.8. The van der Waals surface area contributed by atoms with E-state index >= 15 is 0 Å². The van der Waals surface area contributed by atoms with Crippen LogP contribution in [0.1, 0.15) is 72.2 Å². The fourth-order valence-electron chi connectivity index (χ4n) is 5.55. The van der Waals surface area contributed by atoms with E-state index < -0.39 is 24.1 Å². The number of hydrogen-bond acceptors (Lipinski definition) is 9. The number of rotatable bonds is 19. The molecule has 11 nitrogen and oxygen atoms in total. The Morgan fingerprint density at radius 1 is 0.900 bits per heavy atom. The van der Waals surface area contributed by atoms with E-state index in [2.05, 4.69) is 34.4 Å². The number of aromatic nitrogens is 2. The first-order valence-electron chi connectivity index (χ1n) is 16.7. The number of ketones is 1. The van der Waals surface area contributed by atoms with Crippen molar-refractivity contribution in [3.63, 3.8) is 0 Å². The number of hydrogen-bond donors (Lipinski definition) is 3. The van der Waals surface area contributed by atoms with E-state index in [0.717, 1.165) is 26.7 Å². The quantitative estimate of drug-likeness (QED) is 0.104. The van der Waals surface area contributed by atoms with Crippen LogP contribution in [0.5, 0.6) is 0 Å². The lowest BCUT2D eigenvalue weighted by Gasteiger charge is -2.25. The first-order valence-corrected chi connectivity index (χ1v) is 18.5. The van der Waals surface area contributed by atoms with Crippen molar-refractivity contribution in [2.45, 2.75) is 83.5 Å². The minimum Gasteiger partial charge on any atom is -0.444 e. The molecular weight excluding hydrogens is 673 g/mol. The first kappa shape index (κ1) is 38.2. The highest BCUT2D eigenvalue weighted by atomic mass is 32.1. The van der Waals surface area contributed by atoms with Crippen molar-refractivity contribution in [3.05, 3.63) is 104 Å². The van der Waals surface area contributed by atoms with Gasteiger partial charge in [-0.3, -0.25) is 14.6 Å². The van der Waals surface area contributed by atoms with Gasteiger partial charge in [-0.15, -0.1) is 22.7 Å². The number of amides is 4. The summed E-state index contributed by atoms with van der Waals surface area (Å²) in [5, 5.41) is 8.67. The van der Waals surface area contributed by atoms with Crippen molar-refractivity contribution in [2.75, 3.05) is 7.05 Å². The number of urea groups is 1. The number of alkyl carbamates (subject to hydrolysis) is 1. The average molecular weight is 719 g/mol. The second-order valence-electron chi connectivity index (χ2n) is 12.7. The van der Waals surface area contributed by atoms with Gasteiger partial charge in [-0.2, -0.15) is 0 Å². The number of carbonyl (C=O) groups excluding carboxylic acids is 4. The van der Waals surface area contributed by atoms with Gasteiger partial charge in [0.2, 0.25) is 5.91 Å². The second kappa shape index (κ2) is 19.5. The molecule has 0 spiro atoms. The molecule has 0 unspecified atom stereocenters. The lowest BCUT2D eigenvalue weighted by Crippen LogP contribution is -2.48. The van der Waals surface area contributed by atoms with Crippen molar-refractivity contribution >= 4 is 46.5 Å². The summed E-state index contributed by atoms with van der Waals surface area (Å²) in [6.45, 7) is 4.50. The Balaban J connectivity index is 1.44. The third-order valence-electron chi connectivity index (χ3n) is 8.16. The molecule has 0 saturated carbocycles. The normalized spacial score (nSPS) is 12.9. The molecular formula is C37H46N6O5S2. The largest absolute Gasteiger partial charge is 0.444 e. The number of Topliss-reactive ketones (excluding diaryl/α,β-unsaturated/α-hetero) is 1. The van der Waals surface area contributed by atoms with E-state index in [1.54, 1.807) is 30.1 Å². The van der Waals surface area contributed by atoms with Gasteiger partial charge in [-0.25, -0.2) is 14.6 Å². The molecule has 0 saturated heterocycles. The Kier molecular flexibility index (Phi) is 14.9. The van der Waals surface area contributed by atoms with Crippen LogP contribution in [-0.2, 0) is 40.3 Å². The number of ether oxygens (including phenoxy) is 1. The minimum absolute atomic E-state index is 0.106. The van der Waals surface area contributed by atoms with Crippen LogP contribution in [0.3, 0.4) is 0 Å². The maximum Gasteiger partial charge on any atom is 0.407 e. The van der Waals surface area contributed by atoms with Crippen molar-refractivity contribution in [3.8, 4) is 0 Å². The molecule has 266 valence electrons. The summed E-state index contributed by atoms with van der Waals surface area (Å²) in [7, 11) is 1.62. The van der Waals surface area contributed by atoms with E-state index in [1.807, 2.05) is 66.0 Å². The second-order valence-corrected chi connectivity index (χ2v) is 14.6.